The van der Waals surface area contributed by atoms with E-state index in [1.54, 1.807) is 6.07 Å². The Kier molecular flexibility index (Phi) is 6.80. The Bertz CT molecular complexity index is 650. The molecular weight excluding hydrogens is 324 g/mol. The Morgan fingerprint density at radius 1 is 1.38 bits per heavy atom. The molecular formula is C18H28N2O3S. The van der Waals surface area contributed by atoms with E-state index in [-0.39, 0.29) is 29.9 Å². The molecule has 1 atom stereocenters. The highest BCUT2D eigenvalue weighted by Crippen LogP contribution is 2.23. The van der Waals surface area contributed by atoms with E-state index in [4.69, 9.17) is 0 Å². The van der Waals surface area contributed by atoms with Crippen LogP contribution in [0.1, 0.15) is 48.5 Å². The Hall–Kier alpha value is -1.40. The summed E-state index contributed by atoms with van der Waals surface area (Å²) in [6.07, 6.45) is 2.28. The molecule has 0 aromatic heterocycles. The number of rotatable bonds is 7. The summed E-state index contributed by atoms with van der Waals surface area (Å²) in [5.74, 6) is 0.487. The van der Waals surface area contributed by atoms with Crippen LogP contribution in [0.25, 0.3) is 0 Å². The van der Waals surface area contributed by atoms with E-state index < -0.39 is 9.84 Å². The molecule has 0 aliphatic carbocycles. The fourth-order valence-corrected chi connectivity index (χ4v) is 4.68. The summed E-state index contributed by atoms with van der Waals surface area (Å²) in [5, 5.41) is 6.11. The van der Waals surface area contributed by atoms with E-state index in [1.807, 2.05) is 26.0 Å². The van der Waals surface area contributed by atoms with Crippen molar-refractivity contribution in [2.24, 2.45) is 5.92 Å². The first-order valence-electron chi connectivity index (χ1n) is 8.66. The maximum Gasteiger partial charge on any atom is 0.251 e. The predicted molar refractivity (Wildman–Crippen MR) is 97.1 cm³/mol. The van der Waals surface area contributed by atoms with Gasteiger partial charge in [0.2, 0.25) is 0 Å². The van der Waals surface area contributed by atoms with Gasteiger partial charge in [0.1, 0.15) is 0 Å². The molecule has 134 valence electrons. The van der Waals surface area contributed by atoms with Crippen LogP contribution >= 0.6 is 0 Å². The SMILES string of the molecule is CC(C)CS(=O)(=O)CCNC(=O)c1cccc([C@@H]2CCCNC2)c1. The summed E-state index contributed by atoms with van der Waals surface area (Å²) in [6.45, 7) is 5.91. The molecule has 2 N–H and O–H groups in total. The normalized spacial score (nSPS) is 18.5. The molecule has 5 nitrogen and oxygen atoms in total. The van der Waals surface area contributed by atoms with Crippen LogP contribution in [0.4, 0.5) is 0 Å². The lowest BCUT2D eigenvalue weighted by Gasteiger charge is -2.23. The molecule has 6 heteroatoms. The second-order valence-corrected chi connectivity index (χ2v) is 9.16. The van der Waals surface area contributed by atoms with Crippen LogP contribution in [0.3, 0.4) is 0 Å². The van der Waals surface area contributed by atoms with Crippen LogP contribution in [0.5, 0.6) is 0 Å². The van der Waals surface area contributed by atoms with Crippen LogP contribution in [-0.4, -0.2) is 45.5 Å². The molecule has 0 radical (unpaired) electrons. The van der Waals surface area contributed by atoms with Crippen molar-refractivity contribution in [1.82, 2.24) is 10.6 Å². The number of hydrogen-bond donors (Lipinski definition) is 2. The van der Waals surface area contributed by atoms with Gasteiger partial charge in [-0.3, -0.25) is 4.79 Å². The van der Waals surface area contributed by atoms with Crippen molar-refractivity contribution < 1.29 is 13.2 Å². The second-order valence-electron chi connectivity index (χ2n) is 6.93. The van der Waals surface area contributed by atoms with E-state index in [1.165, 1.54) is 5.56 Å². The van der Waals surface area contributed by atoms with Crippen LogP contribution in [0.2, 0.25) is 0 Å². The molecule has 1 aliphatic heterocycles. The minimum Gasteiger partial charge on any atom is -0.351 e. The number of amides is 1. The Morgan fingerprint density at radius 2 is 2.17 bits per heavy atom. The van der Waals surface area contributed by atoms with E-state index in [0.29, 0.717) is 11.5 Å². The highest BCUT2D eigenvalue weighted by Gasteiger charge is 2.17. The van der Waals surface area contributed by atoms with Crippen molar-refractivity contribution in [2.75, 3.05) is 31.1 Å². The molecule has 1 amide bonds. The van der Waals surface area contributed by atoms with Crippen LogP contribution in [0.15, 0.2) is 24.3 Å². The van der Waals surface area contributed by atoms with Crippen molar-refractivity contribution in [1.29, 1.82) is 0 Å². The highest BCUT2D eigenvalue weighted by molar-refractivity contribution is 7.91. The molecule has 0 unspecified atom stereocenters. The number of hydrogen-bond acceptors (Lipinski definition) is 4. The highest BCUT2D eigenvalue weighted by atomic mass is 32.2. The fraction of sp³-hybridized carbons (Fsp3) is 0.611. The lowest BCUT2D eigenvalue weighted by molar-refractivity contribution is 0.0956. The molecule has 2 rings (SSSR count). The van der Waals surface area contributed by atoms with Crippen LogP contribution in [0, 0.1) is 5.92 Å². The first-order valence-corrected chi connectivity index (χ1v) is 10.5. The van der Waals surface area contributed by atoms with E-state index in [9.17, 15) is 13.2 Å². The van der Waals surface area contributed by atoms with Gasteiger partial charge in [0, 0.05) is 18.7 Å². The lowest BCUT2D eigenvalue weighted by atomic mass is 9.90. The van der Waals surface area contributed by atoms with E-state index >= 15 is 0 Å². The number of nitrogens with one attached hydrogen (secondary N) is 2. The van der Waals surface area contributed by atoms with Gasteiger partial charge in [0.15, 0.2) is 9.84 Å². The Balaban J connectivity index is 1.90. The summed E-state index contributed by atoms with van der Waals surface area (Å²) >= 11 is 0. The largest absolute Gasteiger partial charge is 0.351 e. The van der Waals surface area contributed by atoms with Gasteiger partial charge in [-0.15, -0.1) is 0 Å². The number of sulfone groups is 1. The maximum atomic E-state index is 12.3. The maximum absolute atomic E-state index is 12.3. The number of carbonyl (C=O) groups is 1. The molecule has 0 spiro atoms. The lowest BCUT2D eigenvalue weighted by Crippen LogP contribution is -2.31. The predicted octanol–water partition coefficient (Wildman–Crippen LogP) is 1.95. The second kappa shape index (κ2) is 8.62. The Morgan fingerprint density at radius 3 is 2.83 bits per heavy atom. The van der Waals surface area contributed by atoms with Gasteiger partial charge in [0.05, 0.1) is 11.5 Å². The van der Waals surface area contributed by atoms with E-state index in [0.717, 1.165) is 25.9 Å². The van der Waals surface area contributed by atoms with Crippen molar-refractivity contribution >= 4 is 15.7 Å². The molecule has 24 heavy (non-hydrogen) atoms. The van der Waals surface area contributed by atoms with Crippen LogP contribution in [-0.2, 0) is 9.84 Å². The van der Waals surface area contributed by atoms with Crippen molar-refractivity contribution in [2.45, 2.75) is 32.6 Å². The minimum absolute atomic E-state index is 0.0108. The summed E-state index contributed by atoms with van der Waals surface area (Å²) in [5.41, 5.74) is 1.77. The van der Waals surface area contributed by atoms with Gasteiger partial charge in [-0.05, 0) is 48.9 Å². The van der Waals surface area contributed by atoms with Gasteiger partial charge in [0.25, 0.3) is 5.91 Å². The summed E-state index contributed by atoms with van der Waals surface area (Å²) < 4.78 is 23.7. The molecule has 0 bridgehead atoms. The number of benzene rings is 1. The average molecular weight is 353 g/mol. The van der Waals surface area contributed by atoms with Gasteiger partial charge in [-0.2, -0.15) is 0 Å². The van der Waals surface area contributed by atoms with Gasteiger partial charge in [-0.1, -0.05) is 26.0 Å². The molecule has 1 saturated heterocycles. The van der Waals surface area contributed by atoms with Gasteiger partial charge < -0.3 is 10.6 Å². The Labute approximate surface area is 145 Å². The standard InChI is InChI=1S/C18H28N2O3S/c1-14(2)13-24(22,23)10-9-20-18(21)16-6-3-5-15(11-16)17-7-4-8-19-12-17/h3,5-6,11,14,17,19H,4,7-10,12-13H2,1-2H3,(H,20,21)/t17-/m1/s1. The third-order valence-corrected chi connectivity index (χ3v) is 6.20. The molecule has 1 aromatic carbocycles. The molecule has 0 saturated carbocycles. The third-order valence-electron chi connectivity index (χ3n) is 4.20. The fourth-order valence-electron chi connectivity index (χ4n) is 3.08. The first-order chi connectivity index (χ1) is 11.4. The summed E-state index contributed by atoms with van der Waals surface area (Å²) in [6, 6.07) is 7.66. The quantitative estimate of drug-likeness (QED) is 0.786. The monoisotopic (exact) mass is 352 g/mol. The number of carbonyl (C=O) groups excluding carboxylic acids is 1. The van der Waals surface area contributed by atoms with Crippen molar-refractivity contribution in [3.05, 3.63) is 35.4 Å². The van der Waals surface area contributed by atoms with Crippen molar-refractivity contribution in [3.8, 4) is 0 Å². The minimum atomic E-state index is -3.11. The topological polar surface area (TPSA) is 75.3 Å². The average Bonchev–Trinajstić information content (AvgIpc) is 2.54. The first kappa shape index (κ1) is 18.9. The molecule has 1 fully saturated rings. The third kappa shape index (κ3) is 5.91. The summed E-state index contributed by atoms with van der Waals surface area (Å²) in [4.78, 5) is 12.3. The zero-order chi connectivity index (χ0) is 17.6. The molecule has 1 aromatic rings. The zero-order valence-corrected chi connectivity index (χ0v) is 15.4. The van der Waals surface area contributed by atoms with Crippen LogP contribution < -0.4 is 10.6 Å². The number of piperidine rings is 1. The van der Waals surface area contributed by atoms with Gasteiger partial charge in [-0.25, -0.2) is 8.42 Å². The summed E-state index contributed by atoms with van der Waals surface area (Å²) in [7, 11) is -3.11. The molecule has 1 heterocycles. The zero-order valence-electron chi connectivity index (χ0n) is 14.5. The van der Waals surface area contributed by atoms with E-state index in [2.05, 4.69) is 16.7 Å². The van der Waals surface area contributed by atoms with Crippen molar-refractivity contribution in [3.63, 3.8) is 0 Å². The van der Waals surface area contributed by atoms with Gasteiger partial charge >= 0.3 is 0 Å². The smallest absolute Gasteiger partial charge is 0.251 e. The molecule has 1 aliphatic rings.